The van der Waals surface area contributed by atoms with Gasteiger partial charge in [0.2, 0.25) is 0 Å². The number of fused-ring (bicyclic) bond motifs is 1. The normalized spacial score (nSPS) is 11.6. The van der Waals surface area contributed by atoms with Gasteiger partial charge in [-0.3, -0.25) is 0 Å². The average Bonchev–Trinajstić information content (AvgIpc) is 2.93. The van der Waals surface area contributed by atoms with Gasteiger partial charge in [0.25, 0.3) is 0 Å². The highest BCUT2D eigenvalue weighted by molar-refractivity contribution is 6.00. The lowest BCUT2D eigenvalue weighted by Gasteiger charge is -1.92. The van der Waals surface area contributed by atoms with Crippen LogP contribution in [0.5, 0.6) is 0 Å². The molecule has 0 aliphatic heterocycles. The number of para-hydroxylation sites is 1. The van der Waals surface area contributed by atoms with Crippen LogP contribution in [0.1, 0.15) is 11.3 Å². The summed E-state index contributed by atoms with van der Waals surface area (Å²) < 4.78 is 0. The van der Waals surface area contributed by atoms with Crippen LogP contribution >= 0.6 is 0 Å². The highest BCUT2D eigenvalue weighted by atomic mass is 15.5. The van der Waals surface area contributed by atoms with Gasteiger partial charge in [-0.2, -0.15) is 5.10 Å². The zero-order valence-electron chi connectivity index (χ0n) is 9.33. The lowest BCUT2D eigenvalue weighted by molar-refractivity contribution is 0.743. The number of benzene rings is 1. The van der Waals surface area contributed by atoms with Gasteiger partial charge in [-0.05, 0) is 13.0 Å². The number of rotatable bonds is 2. The smallest absolute Gasteiger partial charge is 0.139 e. The Morgan fingerprint density at radius 1 is 1.35 bits per heavy atom. The van der Waals surface area contributed by atoms with E-state index in [2.05, 4.69) is 32.3 Å². The van der Waals surface area contributed by atoms with Crippen molar-refractivity contribution in [1.29, 1.82) is 0 Å². The first-order valence-electron chi connectivity index (χ1n) is 5.31. The third-order valence-electron chi connectivity index (χ3n) is 2.66. The van der Waals surface area contributed by atoms with E-state index in [1.807, 2.05) is 19.1 Å². The van der Waals surface area contributed by atoms with Crippen LogP contribution < -0.4 is 0 Å². The Kier molecular flexibility index (Phi) is 2.22. The molecular formula is C12H11N5. The molecule has 0 saturated carbocycles. The third kappa shape index (κ3) is 1.71. The summed E-state index contributed by atoms with van der Waals surface area (Å²) in [7, 11) is 0. The Labute approximate surface area is 97.8 Å². The van der Waals surface area contributed by atoms with Gasteiger partial charge in [0.1, 0.15) is 12.7 Å². The summed E-state index contributed by atoms with van der Waals surface area (Å²) in [5.74, 6) is 0. The maximum absolute atomic E-state index is 4.22. The molecule has 0 amide bonds. The third-order valence-corrected chi connectivity index (χ3v) is 2.66. The molecule has 0 aliphatic rings. The lowest BCUT2D eigenvalue weighted by Crippen LogP contribution is -1.91. The van der Waals surface area contributed by atoms with E-state index < -0.39 is 0 Å². The van der Waals surface area contributed by atoms with Crippen molar-refractivity contribution < 1.29 is 0 Å². The van der Waals surface area contributed by atoms with Crippen LogP contribution in [-0.2, 0) is 0 Å². The van der Waals surface area contributed by atoms with Crippen LogP contribution in [-0.4, -0.2) is 26.1 Å². The molecule has 3 rings (SSSR count). The Morgan fingerprint density at radius 2 is 2.24 bits per heavy atom. The second kappa shape index (κ2) is 3.86. The van der Waals surface area contributed by atoms with E-state index in [0.717, 1.165) is 22.2 Å². The molecule has 0 fully saturated rings. The number of aryl methyl sites for hydroxylation is 1. The average molecular weight is 225 g/mol. The highest BCUT2D eigenvalue weighted by Crippen LogP contribution is 2.19. The Morgan fingerprint density at radius 3 is 3.06 bits per heavy atom. The van der Waals surface area contributed by atoms with Crippen LogP contribution in [0.4, 0.5) is 0 Å². The number of hydrogen-bond donors (Lipinski definition) is 1. The van der Waals surface area contributed by atoms with Crippen molar-refractivity contribution in [3.63, 3.8) is 0 Å². The van der Waals surface area contributed by atoms with E-state index in [-0.39, 0.29) is 0 Å². The molecule has 3 aromatic rings. The molecule has 0 atom stereocenters. The molecule has 1 N–H and O–H groups in total. The molecule has 5 nitrogen and oxygen atoms in total. The Hall–Kier alpha value is -2.43. The van der Waals surface area contributed by atoms with Crippen LogP contribution in [0.25, 0.3) is 10.9 Å². The summed E-state index contributed by atoms with van der Waals surface area (Å²) >= 11 is 0. The zero-order valence-corrected chi connectivity index (χ0v) is 9.33. The van der Waals surface area contributed by atoms with Gasteiger partial charge in [-0.25, -0.2) is 4.98 Å². The van der Waals surface area contributed by atoms with Crippen molar-refractivity contribution in [3.8, 4) is 0 Å². The van der Waals surface area contributed by atoms with Gasteiger partial charge >= 0.3 is 0 Å². The topological polar surface area (TPSA) is 58.9 Å². The monoisotopic (exact) mass is 225 g/mol. The zero-order chi connectivity index (χ0) is 11.7. The number of H-pyrrole nitrogens is 1. The minimum absolute atomic E-state index is 1.08. The summed E-state index contributed by atoms with van der Waals surface area (Å²) in [6.45, 7) is 2.03. The van der Waals surface area contributed by atoms with E-state index in [0.29, 0.717) is 0 Å². The van der Waals surface area contributed by atoms with Crippen molar-refractivity contribution in [2.45, 2.75) is 6.92 Å². The second-order valence-corrected chi connectivity index (χ2v) is 3.77. The van der Waals surface area contributed by atoms with Crippen LogP contribution in [0, 0.1) is 6.92 Å². The summed E-state index contributed by atoms with van der Waals surface area (Å²) in [6, 6.07) is 8.15. The first-order valence-corrected chi connectivity index (χ1v) is 5.31. The van der Waals surface area contributed by atoms with Gasteiger partial charge in [-0.1, -0.05) is 18.2 Å². The van der Waals surface area contributed by atoms with Crippen molar-refractivity contribution >= 4 is 17.1 Å². The maximum atomic E-state index is 4.22. The molecule has 2 heterocycles. The van der Waals surface area contributed by atoms with Crippen molar-refractivity contribution in [2.75, 3.05) is 0 Å². The van der Waals surface area contributed by atoms with Gasteiger partial charge in [0.05, 0.1) is 6.21 Å². The van der Waals surface area contributed by atoms with Gasteiger partial charge in [-0.15, -0.1) is 9.89 Å². The fraction of sp³-hybridized carbons (Fsp3) is 0.0833. The fourth-order valence-electron chi connectivity index (χ4n) is 1.84. The van der Waals surface area contributed by atoms with Crippen LogP contribution in [0.15, 0.2) is 42.0 Å². The summed E-state index contributed by atoms with van der Waals surface area (Å²) in [5, 5.41) is 9.30. The molecule has 0 aliphatic carbocycles. The van der Waals surface area contributed by atoms with Gasteiger partial charge in [0, 0.05) is 22.2 Å². The Bertz CT molecular complexity index is 663. The summed E-state index contributed by atoms with van der Waals surface area (Å²) in [5.41, 5.74) is 3.29. The number of nitrogens with one attached hydrogen (secondary N) is 1. The molecule has 0 unspecified atom stereocenters. The molecule has 0 saturated heterocycles. The number of hydrogen-bond acceptors (Lipinski definition) is 3. The standard InChI is InChI=1S/C12H11N5/c1-9-11(6-14-17-8-13-7-15-17)10-4-2-3-5-12(10)16-9/h2-8,16H,1H3/b14-6-. The van der Waals surface area contributed by atoms with E-state index in [1.165, 1.54) is 11.1 Å². The summed E-state index contributed by atoms with van der Waals surface area (Å²) in [6.07, 6.45) is 4.81. The van der Waals surface area contributed by atoms with Gasteiger partial charge in [0.15, 0.2) is 0 Å². The first kappa shape index (κ1) is 9.77. The molecular weight excluding hydrogens is 214 g/mol. The number of aromatic nitrogens is 4. The quantitative estimate of drug-likeness (QED) is 0.677. The minimum Gasteiger partial charge on any atom is -0.358 e. The molecule has 17 heavy (non-hydrogen) atoms. The lowest BCUT2D eigenvalue weighted by atomic mass is 10.1. The van der Waals surface area contributed by atoms with Crippen molar-refractivity contribution in [3.05, 3.63) is 48.2 Å². The predicted octanol–water partition coefficient (Wildman–Crippen LogP) is 1.95. The van der Waals surface area contributed by atoms with E-state index in [9.17, 15) is 0 Å². The molecule has 0 radical (unpaired) electrons. The molecule has 5 heteroatoms. The summed E-state index contributed by atoms with van der Waals surface area (Å²) in [4.78, 5) is 8.59. The SMILES string of the molecule is Cc1[nH]c2ccccc2c1/C=N\n1cncn1. The number of aromatic amines is 1. The molecule has 0 bridgehead atoms. The maximum Gasteiger partial charge on any atom is 0.139 e. The second-order valence-electron chi connectivity index (χ2n) is 3.77. The van der Waals surface area contributed by atoms with Crippen LogP contribution in [0.2, 0.25) is 0 Å². The Balaban J connectivity index is 2.08. The first-order chi connectivity index (χ1) is 8.34. The minimum atomic E-state index is 1.08. The fourth-order valence-corrected chi connectivity index (χ4v) is 1.84. The van der Waals surface area contributed by atoms with Crippen molar-refractivity contribution in [2.24, 2.45) is 5.10 Å². The molecule has 0 spiro atoms. The number of nitrogens with zero attached hydrogens (tertiary/aromatic N) is 4. The molecule has 84 valence electrons. The van der Waals surface area contributed by atoms with Crippen molar-refractivity contribution in [1.82, 2.24) is 19.9 Å². The van der Waals surface area contributed by atoms with Gasteiger partial charge < -0.3 is 4.98 Å². The predicted molar refractivity (Wildman–Crippen MR) is 66.0 cm³/mol. The molecule has 1 aromatic carbocycles. The van der Waals surface area contributed by atoms with E-state index in [4.69, 9.17) is 0 Å². The molecule has 2 aromatic heterocycles. The van der Waals surface area contributed by atoms with E-state index >= 15 is 0 Å². The van der Waals surface area contributed by atoms with Crippen LogP contribution in [0.3, 0.4) is 0 Å². The highest BCUT2D eigenvalue weighted by Gasteiger charge is 2.04. The van der Waals surface area contributed by atoms with E-state index in [1.54, 1.807) is 12.5 Å². The largest absolute Gasteiger partial charge is 0.358 e.